The summed E-state index contributed by atoms with van der Waals surface area (Å²) in [6, 6.07) is 21.6. The van der Waals surface area contributed by atoms with Gasteiger partial charge in [-0.25, -0.2) is 13.1 Å². The van der Waals surface area contributed by atoms with Gasteiger partial charge in [-0.2, -0.15) is 0 Å². The second-order valence-electron chi connectivity index (χ2n) is 7.77. The summed E-state index contributed by atoms with van der Waals surface area (Å²) < 4.78 is 28.4. The third-order valence-corrected chi connectivity index (χ3v) is 6.67. The van der Waals surface area contributed by atoms with Crippen molar-refractivity contribution in [2.45, 2.75) is 30.7 Å². The summed E-state index contributed by atoms with van der Waals surface area (Å²) in [6.45, 7) is 4.53. The van der Waals surface area contributed by atoms with Crippen molar-refractivity contribution in [3.05, 3.63) is 77.9 Å². The lowest BCUT2D eigenvalue weighted by molar-refractivity contribution is -0.890. The molecule has 0 aliphatic carbocycles. The van der Waals surface area contributed by atoms with Gasteiger partial charge < -0.3 is 4.90 Å². The van der Waals surface area contributed by atoms with E-state index in [9.17, 15) is 8.42 Å². The van der Waals surface area contributed by atoms with Crippen LogP contribution in [0.5, 0.6) is 0 Å². The molecule has 0 saturated carbocycles. The normalized spacial score (nSPS) is 13.4. The number of hydrogen-bond acceptors (Lipinski definition) is 2. The van der Waals surface area contributed by atoms with Crippen LogP contribution in [-0.4, -0.2) is 29.1 Å². The van der Waals surface area contributed by atoms with Gasteiger partial charge in [0.1, 0.15) is 6.04 Å². The van der Waals surface area contributed by atoms with Crippen LogP contribution in [0.25, 0.3) is 10.8 Å². The standard InChI is InChI=1S/C23H28N2O2S/c1-17(2)18-12-14-20(15-13-18)28(26,27)24-16-23(25(3)4)22-11-7-9-19-8-5-6-10-21(19)22/h5-15,17,23-24H,16H2,1-4H3/p+1/t23-/m0/s1. The van der Waals surface area contributed by atoms with Gasteiger partial charge in [0, 0.05) is 5.56 Å². The van der Waals surface area contributed by atoms with Crippen molar-refractivity contribution in [2.75, 3.05) is 20.6 Å². The molecule has 0 spiro atoms. The molecule has 0 fully saturated rings. The van der Waals surface area contributed by atoms with E-state index in [4.69, 9.17) is 0 Å². The minimum Gasteiger partial charge on any atom is -0.333 e. The van der Waals surface area contributed by atoms with Gasteiger partial charge in [0.25, 0.3) is 0 Å². The summed E-state index contributed by atoms with van der Waals surface area (Å²) in [6.07, 6.45) is 0. The molecule has 4 nitrogen and oxygen atoms in total. The Bertz CT molecular complexity index is 1040. The Hall–Kier alpha value is -2.21. The fraction of sp³-hybridized carbons (Fsp3) is 0.304. The summed E-state index contributed by atoms with van der Waals surface area (Å²) in [4.78, 5) is 1.48. The van der Waals surface area contributed by atoms with Crippen molar-refractivity contribution in [1.82, 2.24) is 4.72 Å². The molecule has 3 aromatic carbocycles. The zero-order valence-corrected chi connectivity index (χ0v) is 17.8. The van der Waals surface area contributed by atoms with E-state index in [-0.39, 0.29) is 6.04 Å². The van der Waals surface area contributed by atoms with E-state index >= 15 is 0 Å². The highest BCUT2D eigenvalue weighted by Gasteiger charge is 2.23. The monoisotopic (exact) mass is 397 g/mol. The number of fused-ring (bicyclic) bond motifs is 1. The molecular formula is C23H29N2O2S+. The Balaban J connectivity index is 1.85. The highest BCUT2D eigenvalue weighted by molar-refractivity contribution is 7.89. The molecule has 3 rings (SSSR count). The van der Waals surface area contributed by atoms with E-state index in [2.05, 4.69) is 56.9 Å². The first-order valence-corrected chi connectivity index (χ1v) is 11.2. The van der Waals surface area contributed by atoms with Crippen LogP contribution in [-0.2, 0) is 10.0 Å². The van der Waals surface area contributed by atoms with Gasteiger partial charge in [-0.15, -0.1) is 0 Å². The summed E-state index contributed by atoms with van der Waals surface area (Å²) in [5.41, 5.74) is 2.28. The number of quaternary nitrogens is 1. The van der Waals surface area contributed by atoms with Gasteiger partial charge in [-0.05, 0) is 34.4 Å². The van der Waals surface area contributed by atoms with Gasteiger partial charge in [-0.3, -0.25) is 0 Å². The maximum atomic E-state index is 12.8. The number of likely N-dealkylation sites (N-methyl/N-ethyl adjacent to an activating group) is 1. The number of nitrogens with one attached hydrogen (secondary N) is 2. The van der Waals surface area contributed by atoms with Crippen LogP contribution in [0.15, 0.2) is 71.6 Å². The summed E-state index contributed by atoms with van der Waals surface area (Å²) >= 11 is 0. The molecule has 0 bridgehead atoms. The van der Waals surface area contributed by atoms with Crippen molar-refractivity contribution in [3.63, 3.8) is 0 Å². The van der Waals surface area contributed by atoms with Crippen LogP contribution in [0.1, 0.15) is 36.9 Å². The van der Waals surface area contributed by atoms with Crippen LogP contribution < -0.4 is 9.62 Å². The maximum absolute atomic E-state index is 12.8. The van der Waals surface area contributed by atoms with Crippen molar-refractivity contribution in [3.8, 4) is 0 Å². The van der Waals surface area contributed by atoms with E-state index in [0.717, 1.165) is 16.5 Å². The zero-order valence-electron chi connectivity index (χ0n) is 16.9. The summed E-state index contributed by atoms with van der Waals surface area (Å²) in [5, 5.41) is 2.33. The third kappa shape index (κ3) is 4.43. The van der Waals surface area contributed by atoms with Crippen molar-refractivity contribution >= 4 is 20.8 Å². The number of hydrogen-bond donors (Lipinski definition) is 2. The Morgan fingerprint density at radius 1 is 0.893 bits per heavy atom. The molecule has 0 heterocycles. The first-order valence-electron chi connectivity index (χ1n) is 9.67. The largest absolute Gasteiger partial charge is 0.333 e. The SMILES string of the molecule is CC(C)c1ccc(S(=O)(=O)NC[C@@H](c2cccc3ccccc23)[NH+](C)C)cc1. The second-order valence-corrected chi connectivity index (χ2v) is 9.54. The van der Waals surface area contributed by atoms with Gasteiger partial charge in [0.05, 0.1) is 25.5 Å². The van der Waals surface area contributed by atoms with Crippen LogP contribution in [0, 0.1) is 0 Å². The van der Waals surface area contributed by atoms with E-state index < -0.39 is 10.0 Å². The van der Waals surface area contributed by atoms with Gasteiger partial charge in [0.15, 0.2) is 0 Å². The lowest BCUT2D eigenvalue weighted by Gasteiger charge is -2.23. The first-order chi connectivity index (χ1) is 13.3. The first kappa shape index (κ1) is 20.5. The molecule has 0 unspecified atom stereocenters. The van der Waals surface area contributed by atoms with Gasteiger partial charge >= 0.3 is 0 Å². The molecule has 28 heavy (non-hydrogen) atoms. The van der Waals surface area contributed by atoms with Crippen molar-refractivity contribution in [2.24, 2.45) is 0 Å². The van der Waals surface area contributed by atoms with E-state index in [1.54, 1.807) is 12.1 Å². The van der Waals surface area contributed by atoms with Crippen molar-refractivity contribution < 1.29 is 13.3 Å². The van der Waals surface area contributed by atoms with Gasteiger partial charge in [0.2, 0.25) is 10.0 Å². The minimum atomic E-state index is -3.56. The van der Waals surface area contributed by atoms with Crippen molar-refractivity contribution in [1.29, 1.82) is 0 Å². The smallest absolute Gasteiger partial charge is 0.240 e. The molecule has 2 N–H and O–H groups in total. The third-order valence-electron chi connectivity index (χ3n) is 5.23. The predicted octanol–water partition coefficient (Wildman–Crippen LogP) is 3.13. The summed E-state index contributed by atoms with van der Waals surface area (Å²) in [5.74, 6) is 0.373. The number of benzene rings is 3. The van der Waals surface area contributed by atoms with Gasteiger partial charge in [-0.1, -0.05) is 68.4 Å². The van der Waals surface area contributed by atoms with Crippen LogP contribution in [0.2, 0.25) is 0 Å². The molecule has 0 aliphatic heterocycles. The highest BCUT2D eigenvalue weighted by Crippen LogP contribution is 2.23. The molecule has 3 aromatic rings. The molecule has 5 heteroatoms. The lowest BCUT2D eigenvalue weighted by Crippen LogP contribution is -3.07. The lowest BCUT2D eigenvalue weighted by atomic mass is 9.98. The van der Waals surface area contributed by atoms with E-state index in [1.165, 1.54) is 10.3 Å². The fourth-order valence-electron chi connectivity index (χ4n) is 3.49. The molecule has 0 aromatic heterocycles. The summed E-state index contributed by atoms with van der Waals surface area (Å²) in [7, 11) is 0.552. The second kappa shape index (κ2) is 8.43. The quantitative estimate of drug-likeness (QED) is 0.644. The molecule has 148 valence electrons. The van der Waals surface area contributed by atoms with Crippen LogP contribution in [0.4, 0.5) is 0 Å². The Morgan fingerprint density at radius 2 is 1.54 bits per heavy atom. The molecular weight excluding hydrogens is 368 g/mol. The highest BCUT2D eigenvalue weighted by atomic mass is 32.2. The molecule has 0 saturated heterocycles. The minimum absolute atomic E-state index is 0.0100. The maximum Gasteiger partial charge on any atom is 0.240 e. The van der Waals surface area contributed by atoms with E-state index in [1.807, 2.05) is 30.3 Å². The van der Waals surface area contributed by atoms with Crippen LogP contribution >= 0.6 is 0 Å². The molecule has 0 amide bonds. The molecule has 0 radical (unpaired) electrons. The zero-order chi connectivity index (χ0) is 20.3. The predicted molar refractivity (Wildman–Crippen MR) is 115 cm³/mol. The molecule has 0 aliphatic rings. The topological polar surface area (TPSA) is 50.6 Å². The Kier molecular flexibility index (Phi) is 6.18. The number of rotatable bonds is 7. The average molecular weight is 398 g/mol. The van der Waals surface area contributed by atoms with E-state index in [0.29, 0.717) is 17.4 Å². The Labute approximate surface area is 168 Å². The Morgan fingerprint density at radius 3 is 2.18 bits per heavy atom. The molecule has 1 atom stereocenters. The van der Waals surface area contributed by atoms with Crippen LogP contribution in [0.3, 0.4) is 0 Å². The number of sulfonamides is 1. The average Bonchev–Trinajstić information content (AvgIpc) is 2.68. The fourth-order valence-corrected chi connectivity index (χ4v) is 4.53.